The summed E-state index contributed by atoms with van der Waals surface area (Å²) < 4.78 is 11.0. The molecule has 0 N–H and O–H groups in total. The molecule has 2 rings (SSSR count). The van der Waals surface area contributed by atoms with Crippen LogP contribution in [0.2, 0.25) is 0 Å². The second-order valence-electron chi connectivity index (χ2n) is 7.23. The van der Waals surface area contributed by atoms with Crippen LogP contribution in [0, 0.1) is 0 Å². The molecule has 0 aliphatic heterocycles. The van der Waals surface area contributed by atoms with E-state index in [0.29, 0.717) is 5.57 Å². The molecule has 1 unspecified atom stereocenters. The largest absolute Gasteiger partial charge is 0.458 e. The molecule has 2 aromatic rings. The maximum Gasteiger partial charge on any atom is 0.333 e. The van der Waals surface area contributed by atoms with Gasteiger partial charge in [-0.25, -0.2) is 9.59 Å². The predicted octanol–water partition coefficient (Wildman–Crippen LogP) is 6.00. The summed E-state index contributed by atoms with van der Waals surface area (Å²) in [5.74, 6) is -0.998. The average Bonchev–Trinajstić information content (AvgIpc) is 2.80. The maximum absolute atomic E-state index is 12.4. The first-order chi connectivity index (χ1) is 15.3. The summed E-state index contributed by atoms with van der Waals surface area (Å²) in [6, 6.07) is 19.2. The first-order valence-corrected chi connectivity index (χ1v) is 10.6. The Kier molecular flexibility index (Phi) is 9.71. The number of carbonyl (C=O) groups excluding carboxylic acids is 2. The summed E-state index contributed by atoms with van der Waals surface area (Å²) in [4.78, 5) is 24.4. The maximum atomic E-state index is 12.4. The molecular weight excluding hydrogens is 424 g/mol. The Balaban J connectivity index is 2.58. The minimum atomic E-state index is -0.892. The molecule has 0 aromatic heterocycles. The fourth-order valence-electron chi connectivity index (χ4n) is 2.80. The Morgan fingerprint density at radius 3 is 2.03 bits per heavy atom. The second kappa shape index (κ2) is 12.5. The van der Waals surface area contributed by atoms with Crippen molar-refractivity contribution in [2.45, 2.75) is 20.0 Å². The third-order valence-corrected chi connectivity index (χ3v) is 4.79. The third kappa shape index (κ3) is 7.40. The molecule has 4 nitrogen and oxygen atoms in total. The zero-order chi connectivity index (χ0) is 23.5. The number of allylic oxidation sites excluding steroid dienone is 1. The van der Waals surface area contributed by atoms with E-state index in [0.717, 1.165) is 16.7 Å². The highest BCUT2D eigenvalue weighted by Gasteiger charge is 2.24. The first-order valence-electron chi connectivity index (χ1n) is 10.1. The number of benzene rings is 2. The quantitative estimate of drug-likeness (QED) is 0.193. The van der Waals surface area contributed by atoms with E-state index >= 15 is 0 Å². The minimum Gasteiger partial charge on any atom is -0.458 e. The highest BCUT2D eigenvalue weighted by atomic mass is 35.5. The van der Waals surface area contributed by atoms with Gasteiger partial charge in [-0.05, 0) is 30.5 Å². The highest BCUT2D eigenvalue weighted by Crippen LogP contribution is 2.27. The number of hydrogen-bond donors (Lipinski definition) is 0. The van der Waals surface area contributed by atoms with Crippen LogP contribution in [0.15, 0.2) is 96.6 Å². The van der Waals surface area contributed by atoms with Gasteiger partial charge in [0.2, 0.25) is 0 Å². The van der Waals surface area contributed by atoms with Crippen LogP contribution >= 0.6 is 11.6 Å². The molecule has 0 aliphatic carbocycles. The van der Waals surface area contributed by atoms with Crippen LogP contribution in [0.25, 0.3) is 11.6 Å². The van der Waals surface area contributed by atoms with E-state index in [1.54, 1.807) is 13.8 Å². The lowest BCUT2D eigenvalue weighted by Gasteiger charge is -2.22. The van der Waals surface area contributed by atoms with E-state index in [1.165, 1.54) is 0 Å². The van der Waals surface area contributed by atoms with Gasteiger partial charge in [0.25, 0.3) is 0 Å². The summed E-state index contributed by atoms with van der Waals surface area (Å²) in [6.07, 6.45) is 2.84. The van der Waals surface area contributed by atoms with Crippen LogP contribution in [0.4, 0.5) is 0 Å². The van der Waals surface area contributed by atoms with Crippen LogP contribution in [-0.4, -0.2) is 30.5 Å². The molecule has 0 bridgehead atoms. The van der Waals surface area contributed by atoms with Gasteiger partial charge in [0.1, 0.15) is 6.61 Å². The molecule has 5 heteroatoms. The van der Waals surface area contributed by atoms with Crippen molar-refractivity contribution in [3.8, 4) is 0 Å². The van der Waals surface area contributed by atoms with Gasteiger partial charge in [-0.1, -0.05) is 86.0 Å². The van der Waals surface area contributed by atoms with Crippen LogP contribution in [0.5, 0.6) is 0 Å². The van der Waals surface area contributed by atoms with E-state index in [9.17, 15) is 9.59 Å². The second-order valence-corrected chi connectivity index (χ2v) is 7.50. The Morgan fingerprint density at radius 2 is 1.50 bits per heavy atom. The topological polar surface area (TPSA) is 52.6 Å². The van der Waals surface area contributed by atoms with E-state index in [4.69, 9.17) is 21.1 Å². The smallest absolute Gasteiger partial charge is 0.333 e. The number of carbonyl (C=O) groups is 2. The molecule has 32 heavy (non-hydrogen) atoms. The van der Waals surface area contributed by atoms with Crippen LogP contribution in [-0.2, 0) is 19.1 Å². The predicted molar refractivity (Wildman–Crippen MR) is 130 cm³/mol. The summed E-state index contributed by atoms with van der Waals surface area (Å²) in [7, 11) is 0. The molecule has 0 saturated heterocycles. The Morgan fingerprint density at radius 1 is 0.938 bits per heavy atom. The zero-order valence-electron chi connectivity index (χ0n) is 18.3. The van der Waals surface area contributed by atoms with Crippen molar-refractivity contribution in [1.82, 2.24) is 0 Å². The SMILES string of the molecule is C=C(C)C(=O)OCC(OC(=O)C(=C)C)C(C=Cc1ccccc1)=C(CCl)c1ccccc1. The van der Waals surface area contributed by atoms with Gasteiger partial charge in [0.05, 0.1) is 0 Å². The summed E-state index contributed by atoms with van der Waals surface area (Å²) in [6.45, 7) is 10.2. The van der Waals surface area contributed by atoms with Gasteiger partial charge < -0.3 is 9.47 Å². The number of hydrogen-bond acceptors (Lipinski definition) is 4. The Hall–Kier alpha value is -3.37. The lowest BCUT2D eigenvalue weighted by Crippen LogP contribution is -2.28. The normalized spacial score (nSPS) is 12.6. The van der Waals surface area contributed by atoms with E-state index in [1.807, 2.05) is 72.8 Å². The molecule has 0 saturated carbocycles. The molecule has 0 fully saturated rings. The van der Waals surface area contributed by atoms with Crippen LogP contribution in [0.3, 0.4) is 0 Å². The number of rotatable bonds is 10. The average molecular weight is 451 g/mol. The standard InChI is InChI=1S/C27H27ClO4/c1-19(2)26(29)31-18-25(32-27(30)20(3)4)23(16-15-21-11-7-5-8-12-21)24(17-28)22-13-9-6-10-14-22/h5-16,25H,1,3,17-18H2,2,4H3. The van der Waals surface area contributed by atoms with Gasteiger partial charge in [0, 0.05) is 22.6 Å². The molecule has 1 atom stereocenters. The Bertz CT molecular complexity index is 1020. The monoisotopic (exact) mass is 450 g/mol. The number of ether oxygens (including phenoxy) is 2. The highest BCUT2D eigenvalue weighted by molar-refractivity contribution is 6.23. The van der Waals surface area contributed by atoms with Crippen molar-refractivity contribution in [1.29, 1.82) is 0 Å². The van der Waals surface area contributed by atoms with E-state index in [-0.39, 0.29) is 23.6 Å². The molecular formula is C27H27ClO4. The van der Waals surface area contributed by atoms with Crippen molar-refractivity contribution >= 4 is 35.2 Å². The van der Waals surface area contributed by atoms with Crippen molar-refractivity contribution in [2.24, 2.45) is 0 Å². The molecule has 2 aromatic carbocycles. The van der Waals surface area contributed by atoms with Crippen LogP contribution in [0.1, 0.15) is 25.0 Å². The van der Waals surface area contributed by atoms with Gasteiger partial charge in [-0.15, -0.1) is 11.6 Å². The first kappa shape index (κ1) is 24.9. The number of esters is 2. The summed E-state index contributed by atoms with van der Waals surface area (Å²) in [5, 5.41) is 0. The van der Waals surface area contributed by atoms with Crippen molar-refractivity contribution in [3.05, 3.63) is 108 Å². The molecule has 0 spiro atoms. The van der Waals surface area contributed by atoms with E-state index < -0.39 is 18.0 Å². The Labute approximate surface area is 194 Å². The van der Waals surface area contributed by atoms with Crippen molar-refractivity contribution < 1.29 is 19.1 Å². The van der Waals surface area contributed by atoms with Crippen molar-refractivity contribution in [2.75, 3.05) is 12.5 Å². The molecule has 0 amide bonds. The molecule has 0 aliphatic rings. The summed E-state index contributed by atoms with van der Waals surface area (Å²) in [5.41, 5.74) is 3.69. The van der Waals surface area contributed by atoms with E-state index in [2.05, 4.69) is 13.2 Å². The van der Waals surface area contributed by atoms with Crippen molar-refractivity contribution in [3.63, 3.8) is 0 Å². The van der Waals surface area contributed by atoms with Gasteiger partial charge >= 0.3 is 11.9 Å². The molecule has 0 heterocycles. The zero-order valence-corrected chi connectivity index (χ0v) is 19.1. The summed E-state index contributed by atoms with van der Waals surface area (Å²) >= 11 is 6.36. The number of halogens is 1. The lowest BCUT2D eigenvalue weighted by molar-refractivity contribution is -0.151. The van der Waals surface area contributed by atoms with Gasteiger partial charge in [-0.3, -0.25) is 0 Å². The van der Waals surface area contributed by atoms with Gasteiger partial charge in [0.15, 0.2) is 6.10 Å². The van der Waals surface area contributed by atoms with Gasteiger partial charge in [-0.2, -0.15) is 0 Å². The molecule has 166 valence electrons. The lowest BCUT2D eigenvalue weighted by atomic mass is 9.96. The third-order valence-electron chi connectivity index (χ3n) is 4.52. The molecule has 0 radical (unpaired) electrons. The number of alkyl halides is 1. The minimum absolute atomic E-state index is 0.161. The fourth-order valence-corrected chi connectivity index (χ4v) is 3.11. The van der Waals surface area contributed by atoms with Crippen LogP contribution < -0.4 is 0 Å². The fraction of sp³-hybridized carbons (Fsp3) is 0.185.